The van der Waals surface area contributed by atoms with E-state index in [1.807, 2.05) is 12.1 Å². The molecular weight excluding hydrogens is 332 g/mol. The second-order valence-electron chi connectivity index (χ2n) is 6.75. The third-order valence-corrected chi connectivity index (χ3v) is 4.50. The Balaban J connectivity index is 1.82. The first-order valence-electron chi connectivity index (χ1n) is 8.75. The Morgan fingerprint density at radius 3 is 2.35 bits per heavy atom. The fourth-order valence-corrected chi connectivity index (χ4v) is 3.37. The van der Waals surface area contributed by atoms with Gasteiger partial charge in [0.25, 0.3) is 0 Å². The van der Waals surface area contributed by atoms with Crippen LogP contribution in [-0.4, -0.2) is 56.0 Å². The van der Waals surface area contributed by atoms with Gasteiger partial charge in [0.15, 0.2) is 17.4 Å². The van der Waals surface area contributed by atoms with Crippen LogP contribution in [-0.2, 0) is 0 Å². The number of anilines is 2. The predicted octanol–water partition coefficient (Wildman–Crippen LogP) is 1.63. The molecule has 2 aromatic heterocycles. The van der Waals surface area contributed by atoms with Crippen LogP contribution in [0.3, 0.4) is 0 Å². The van der Waals surface area contributed by atoms with Crippen molar-refractivity contribution >= 4 is 17.4 Å². The Morgan fingerprint density at radius 2 is 1.73 bits per heavy atom. The summed E-state index contributed by atoms with van der Waals surface area (Å²) in [4.78, 5) is 33.0. The van der Waals surface area contributed by atoms with Gasteiger partial charge in [0, 0.05) is 44.5 Å². The van der Waals surface area contributed by atoms with E-state index in [0.29, 0.717) is 5.82 Å². The average Bonchev–Trinajstić information content (AvgIpc) is 2.61. The van der Waals surface area contributed by atoms with E-state index in [-0.39, 0.29) is 23.7 Å². The molecule has 1 aliphatic heterocycles. The summed E-state index contributed by atoms with van der Waals surface area (Å²) in [5.41, 5.74) is 0. The molecule has 2 aromatic rings. The van der Waals surface area contributed by atoms with Crippen molar-refractivity contribution < 1.29 is 9.90 Å². The molecule has 3 atom stereocenters. The van der Waals surface area contributed by atoms with Crippen molar-refractivity contribution in [1.29, 1.82) is 0 Å². The SMILES string of the molecule is CC(=O)c1nccc(N2C(C)CN(c3ccnc(C(C)O)n3)CC2C)n1. The zero-order valence-corrected chi connectivity index (χ0v) is 15.5. The van der Waals surface area contributed by atoms with E-state index >= 15 is 0 Å². The lowest BCUT2D eigenvalue weighted by molar-refractivity contribution is 0.100. The smallest absolute Gasteiger partial charge is 0.197 e. The Labute approximate surface area is 152 Å². The number of Topliss-reactive ketones (excluding diaryl/α,β-unsaturated/α-hetero) is 1. The predicted molar refractivity (Wildman–Crippen MR) is 98.3 cm³/mol. The molecule has 3 rings (SSSR count). The van der Waals surface area contributed by atoms with Crippen LogP contribution in [0.5, 0.6) is 0 Å². The van der Waals surface area contributed by atoms with Gasteiger partial charge in [0.05, 0.1) is 0 Å². The molecule has 1 saturated heterocycles. The summed E-state index contributed by atoms with van der Waals surface area (Å²) in [6.07, 6.45) is 2.61. The van der Waals surface area contributed by atoms with Crippen LogP contribution >= 0.6 is 0 Å². The minimum Gasteiger partial charge on any atom is -0.385 e. The third-order valence-electron chi connectivity index (χ3n) is 4.50. The first-order valence-corrected chi connectivity index (χ1v) is 8.75. The molecule has 1 N–H and O–H groups in total. The minimum absolute atomic E-state index is 0.141. The number of aliphatic hydroxyl groups excluding tert-OH is 1. The first kappa shape index (κ1) is 18.2. The van der Waals surface area contributed by atoms with Gasteiger partial charge in [-0.15, -0.1) is 0 Å². The molecule has 1 fully saturated rings. The van der Waals surface area contributed by atoms with Crippen LogP contribution in [0.15, 0.2) is 24.5 Å². The molecule has 0 spiro atoms. The van der Waals surface area contributed by atoms with E-state index in [0.717, 1.165) is 24.7 Å². The molecule has 0 radical (unpaired) electrons. The van der Waals surface area contributed by atoms with Crippen LogP contribution < -0.4 is 9.80 Å². The van der Waals surface area contributed by atoms with Gasteiger partial charge in [-0.25, -0.2) is 19.9 Å². The van der Waals surface area contributed by atoms with Gasteiger partial charge >= 0.3 is 0 Å². The number of hydrogen-bond donors (Lipinski definition) is 1. The minimum atomic E-state index is -0.697. The number of hydrogen-bond acceptors (Lipinski definition) is 8. The van der Waals surface area contributed by atoms with Crippen LogP contribution in [0.25, 0.3) is 0 Å². The summed E-state index contributed by atoms with van der Waals surface area (Å²) in [5.74, 6) is 2.09. The highest BCUT2D eigenvalue weighted by Gasteiger charge is 2.31. The monoisotopic (exact) mass is 356 g/mol. The summed E-state index contributed by atoms with van der Waals surface area (Å²) in [7, 11) is 0. The molecule has 3 heterocycles. The zero-order chi connectivity index (χ0) is 18.8. The number of nitrogens with zero attached hydrogens (tertiary/aromatic N) is 6. The number of aliphatic hydroxyl groups is 1. The van der Waals surface area contributed by atoms with E-state index in [9.17, 15) is 9.90 Å². The Morgan fingerprint density at radius 1 is 1.12 bits per heavy atom. The summed E-state index contributed by atoms with van der Waals surface area (Å²) < 4.78 is 0. The van der Waals surface area contributed by atoms with E-state index < -0.39 is 6.10 Å². The Bertz CT molecular complexity index is 785. The summed E-state index contributed by atoms with van der Waals surface area (Å²) in [6.45, 7) is 8.87. The number of carbonyl (C=O) groups excluding carboxylic acids is 1. The highest BCUT2D eigenvalue weighted by molar-refractivity contribution is 5.90. The highest BCUT2D eigenvalue weighted by Crippen LogP contribution is 2.25. The maximum Gasteiger partial charge on any atom is 0.197 e. The van der Waals surface area contributed by atoms with Gasteiger partial charge in [0.1, 0.15) is 17.7 Å². The number of piperazine rings is 1. The zero-order valence-electron chi connectivity index (χ0n) is 15.5. The van der Waals surface area contributed by atoms with E-state index in [2.05, 4.69) is 43.6 Å². The van der Waals surface area contributed by atoms with Gasteiger partial charge in [-0.05, 0) is 32.9 Å². The number of carbonyl (C=O) groups is 1. The van der Waals surface area contributed by atoms with Crippen molar-refractivity contribution in [2.24, 2.45) is 0 Å². The largest absolute Gasteiger partial charge is 0.385 e. The van der Waals surface area contributed by atoms with Crippen LogP contribution in [0, 0.1) is 0 Å². The third kappa shape index (κ3) is 3.65. The Kier molecular flexibility index (Phi) is 5.13. The second kappa shape index (κ2) is 7.33. The molecule has 0 aromatic carbocycles. The maximum atomic E-state index is 11.6. The molecule has 26 heavy (non-hydrogen) atoms. The lowest BCUT2D eigenvalue weighted by atomic mass is 10.1. The second-order valence-corrected chi connectivity index (χ2v) is 6.75. The van der Waals surface area contributed by atoms with Crippen LogP contribution in [0.2, 0.25) is 0 Å². The maximum absolute atomic E-state index is 11.6. The lowest BCUT2D eigenvalue weighted by Crippen LogP contribution is -2.57. The Hall–Kier alpha value is -2.61. The quantitative estimate of drug-likeness (QED) is 0.826. The van der Waals surface area contributed by atoms with E-state index in [1.54, 1.807) is 19.3 Å². The molecule has 3 unspecified atom stereocenters. The van der Waals surface area contributed by atoms with E-state index in [1.165, 1.54) is 6.92 Å². The molecule has 0 amide bonds. The molecular formula is C18H24N6O2. The van der Waals surface area contributed by atoms with Crippen molar-refractivity contribution in [1.82, 2.24) is 19.9 Å². The normalized spacial score (nSPS) is 21.6. The number of aromatic nitrogens is 4. The van der Waals surface area contributed by atoms with Crippen molar-refractivity contribution in [3.8, 4) is 0 Å². The van der Waals surface area contributed by atoms with Crippen molar-refractivity contribution in [2.45, 2.75) is 45.9 Å². The fraction of sp³-hybridized carbons (Fsp3) is 0.500. The van der Waals surface area contributed by atoms with Gasteiger partial charge in [-0.2, -0.15) is 0 Å². The molecule has 8 nitrogen and oxygen atoms in total. The topological polar surface area (TPSA) is 95.3 Å². The molecule has 1 aliphatic rings. The standard InChI is InChI=1S/C18H24N6O2/c1-11-9-23(15-5-7-19-17(21-15)13(3)25)10-12(2)24(11)16-6-8-20-18(22-16)14(4)26/h5-8,11-13,25H,9-10H2,1-4H3. The molecule has 138 valence electrons. The van der Waals surface area contributed by atoms with Crippen LogP contribution in [0.1, 0.15) is 50.2 Å². The van der Waals surface area contributed by atoms with Crippen molar-refractivity contribution in [3.05, 3.63) is 36.2 Å². The highest BCUT2D eigenvalue weighted by atomic mass is 16.3. The fourth-order valence-electron chi connectivity index (χ4n) is 3.37. The van der Waals surface area contributed by atoms with Crippen molar-refractivity contribution in [2.75, 3.05) is 22.9 Å². The number of rotatable bonds is 4. The number of ketones is 1. The summed E-state index contributed by atoms with van der Waals surface area (Å²) >= 11 is 0. The molecule has 0 aliphatic carbocycles. The first-order chi connectivity index (χ1) is 12.4. The molecule has 8 heteroatoms. The molecule has 0 bridgehead atoms. The van der Waals surface area contributed by atoms with Crippen LogP contribution in [0.4, 0.5) is 11.6 Å². The van der Waals surface area contributed by atoms with Gasteiger partial charge in [0.2, 0.25) is 0 Å². The average molecular weight is 356 g/mol. The summed E-state index contributed by atoms with van der Waals surface area (Å²) in [6, 6.07) is 4.03. The van der Waals surface area contributed by atoms with Gasteiger partial charge < -0.3 is 14.9 Å². The van der Waals surface area contributed by atoms with E-state index in [4.69, 9.17) is 0 Å². The molecule has 0 saturated carbocycles. The van der Waals surface area contributed by atoms with Gasteiger partial charge in [-0.1, -0.05) is 0 Å². The van der Waals surface area contributed by atoms with Gasteiger partial charge in [-0.3, -0.25) is 4.79 Å². The van der Waals surface area contributed by atoms with Crippen molar-refractivity contribution in [3.63, 3.8) is 0 Å². The summed E-state index contributed by atoms with van der Waals surface area (Å²) in [5, 5.41) is 9.72. The lowest BCUT2D eigenvalue weighted by Gasteiger charge is -2.45.